The predicted octanol–water partition coefficient (Wildman–Crippen LogP) is 2.47. The van der Waals surface area contributed by atoms with E-state index in [-0.39, 0.29) is 12.5 Å². The lowest BCUT2D eigenvalue weighted by molar-refractivity contribution is 0.0947. The van der Waals surface area contributed by atoms with Crippen LogP contribution in [0.4, 0.5) is 5.69 Å². The maximum absolute atomic E-state index is 12.4. The molecule has 2 aromatic carbocycles. The van der Waals surface area contributed by atoms with Gasteiger partial charge in [0, 0.05) is 68.3 Å². The Morgan fingerprint density at radius 1 is 1.16 bits per heavy atom. The molecule has 0 spiro atoms. The van der Waals surface area contributed by atoms with Gasteiger partial charge in [0.15, 0.2) is 0 Å². The minimum Gasteiger partial charge on any atom is -0.755 e. The summed E-state index contributed by atoms with van der Waals surface area (Å²) in [7, 11) is 0. The molecule has 7 nitrogen and oxygen atoms in total. The molecule has 168 valence electrons. The molecule has 1 fully saturated rings. The number of hydrogen-bond donors (Lipinski definition) is 2. The summed E-state index contributed by atoms with van der Waals surface area (Å²) in [5, 5.41) is 7.06. The van der Waals surface area contributed by atoms with Crippen molar-refractivity contribution in [2.24, 2.45) is 0 Å². The van der Waals surface area contributed by atoms with Gasteiger partial charge in [-0.3, -0.25) is 13.9 Å². The smallest absolute Gasteiger partial charge is 0.251 e. The number of carbonyl (C=O) groups excluding carboxylic acids is 1. The Kier molecular flexibility index (Phi) is 9.13. The van der Waals surface area contributed by atoms with E-state index >= 15 is 0 Å². The second-order valence-electron chi connectivity index (χ2n) is 7.18. The van der Waals surface area contributed by atoms with Crippen LogP contribution in [0.1, 0.15) is 15.9 Å². The third kappa shape index (κ3) is 6.90. The first kappa shape index (κ1) is 24.0. The van der Waals surface area contributed by atoms with Gasteiger partial charge in [-0.2, -0.15) is 0 Å². The Labute approximate surface area is 195 Å². The van der Waals surface area contributed by atoms with Crippen LogP contribution in [0.15, 0.2) is 42.5 Å². The van der Waals surface area contributed by atoms with Crippen LogP contribution in [-0.2, 0) is 17.7 Å². The van der Waals surface area contributed by atoms with Gasteiger partial charge in [0.1, 0.15) is 0 Å². The number of amides is 1. The summed E-state index contributed by atoms with van der Waals surface area (Å²) in [6.45, 7) is 5.47. The number of nitrogens with zero attached hydrogens (tertiary/aromatic N) is 2. The summed E-state index contributed by atoms with van der Waals surface area (Å²) in [6, 6.07) is 11.8. The molecule has 0 bridgehead atoms. The van der Waals surface area contributed by atoms with Gasteiger partial charge in [-0.25, -0.2) is 0 Å². The largest absolute Gasteiger partial charge is 0.755 e. The molecule has 1 saturated heterocycles. The Balaban J connectivity index is 1.56. The Morgan fingerprint density at radius 3 is 2.55 bits per heavy atom. The van der Waals surface area contributed by atoms with Crippen molar-refractivity contribution >= 4 is 46.1 Å². The molecule has 0 saturated carbocycles. The van der Waals surface area contributed by atoms with Crippen LogP contribution >= 0.6 is 23.2 Å². The molecule has 0 radical (unpaired) electrons. The highest BCUT2D eigenvalue weighted by Crippen LogP contribution is 2.26. The predicted molar refractivity (Wildman–Crippen MR) is 125 cm³/mol. The number of halogens is 2. The van der Waals surface area contributed by atoms with Gasteiger partial charge in [-0.05, 0) is 42.3 Å². The molecule has 10 heteroatoms. The quantitative estimate of drug-likeness (QED) is 0.534. The maximum atomic E-state index is 12.4. The molecule has 1 atom stereocenters. The maximum Gasteiger partial charge on any atom is 0.251 e. The van der Waals surface area contributed by atoms with Crippen molar-refractivity contribution in [2.45, 2.75) is 6.42 Å². The molecule has 0 aliphatic carbocycles. The first-order valence-corrected chi connectivity index (χ1v) is 11.9. The summed E-state index contributed by atoms with van der Waals surface area (Å²) in [5.74, 6) is -0.179. The summed E-state index contributed by atoms with van der Waals surface area (Å²) < 4.78 is 24.7. The standard InChI is InChI=1S/C21H26Cl2N4O3S/c22-19-3-1-2-16(20(19)23)8-12-27(31(29)30)18-6-4-17(5-7-18)21(28)25-11-15-26-13-9-24-10-14-26/h1-7,24H,8-15H2,(H,25,28)(H,29,30)/p-1. The Bertz CT molecular complexity index is 908. The van der Waals surface area contributed by atoms with Gasteiger partial charge in [0.25, 0.3) is 5.91 Å². The number of benzene rings is 2. The van der Waals surface area contributed by atoms with Gasteiger partial charge in [-0.1, -0.05) is 35.3 Å². The summed E-state index contributed by atoms with van der Waals surface area (Å²) >= 11 is 9.75. The molecule has 1 aliphatic rings. The van der Waals surface area contributed by atoms with E-state index < -0.39 is 11.3 Å². The first-order valence-electron chi connectivity index (χ1n) is 10.1. The summed E-state index contributed by atoms with van der Waals surface area (Å²) in [6.07, 6.45) is 0.404. The van der Waals surface area contributed by atoms with Crippen molar-refractivity contribution in [3.63, 3.8) is 0 Å². The molecule has 1 amide bonds. The normalized spacial score (nSPS) is 15.5. The van der Waals surface area contributed by atoms with Crippen LogP contribution in [0.25, 0.3) is 0 Å². The zero-order valence-electron chi connectivity index (χ0n) is 17.0. The van der Waals surface area contributed by atoms with Crippen LogP contribution in [0.2, 0.25) is 10.0 Å². The lowest BCUT2D eigenvalue weighted by Crippen LogP contribution is -2.46. The van der Waals surface area contributed by atoms with E-state index in [0.29, 0.717) is 34.3 Å². The number of hydrogen-bond acceptors (Lipinski definition) is 5. The number of nitrogens with one attached hydrogen (secondary N) is 2. The molecule has 0 aromatic heterocycles. The highest BCUT2D eigenvalue weighted by Gasteiger charge is 2.13. The monoisotopic (exact) mass is 483 g/mol. The average Bonchev–Trinajstić information content (AvgIpc) is 2.77. The minimum atomic E-state index is -2.47. The number of carbonyl (C=O) groups is 1. The van der Waals surface area contributed by atoms with Gasteiger partial charge in [0.05, 0.1) is 10.0 Å². The van der Waals surface area contributed by atoms with E-state index in [1.54, 1.807) is 36.4 Å². The third-order valence-corrected chi connectivity index (χ3v) is 6.75. The SMILES string of the molecule is O=C(NCCN1CCNCC1)c1ccc(N(CCc2cccc(Cl)c2Cl)S(=O)[O-])cc1. The zero-order valence-corrected chi connectivity index (χ0v) is 19.3. The van der Waals surface area contributed by atoms with Crippen LogP contribution in [0.5, 0.6) is 0 Å². The highest BCUT2D eigenvalue weighted by molar-refractivity contribution is 7.80. The van der Waals surface area contributed by atoms with E-state index in [9.17, 15) is 13.6 Å². The van der Waals surface area contributed by atoms with E-state index in [2.05, 4.69) is 15.5 Å². The molecule has 3 rings (SSSR count). The van der Waals surface area contributed by atoms with E-state index in [0.717, 1.165) is 38.3 Å². The average molecular weight is 484 g/mol. The lowest BCUT2D eigenvalue weighted by atomic mass is 10.1. The zero-order chi connectivity index (χ0) is 22.2. The molecular weight excluding hydrogens is 459 g/mol. The van der Waals surface area contributed by atoms with Crippen molar-refractivity contribution in [3.05, 3.63) is 63.6 Å². The topological polar surface area (TPSA) is 87.7 Å². The fourth-order valence-corrected chi connectivity index (χ4v) is 4.35. The van der Waals surface area contributed by atoms with Crippen LogP contribution in [-0.4, -0.2) is 65.4 Å². The Hall–Kier alpha value is -1.68. The van der Waals surface area contributed by atoms with Crippen LogP contribution in [0.3, 0.4) is 0 Å². The van der Waals surface area contributed by atoms with Gasteiger partial charge in [0.2, 0.25) is 0 Å². The van der Waals surface area contributed by atoms with E-state index in [1.165, 1.54) is 4.31 Å². The van der Waals surface area contributed by atoms with Gasteiger partial charge in [-0.15, -0.1) is 0 Å². The molecule has 2 N–H and O–H groups in total. The second kappa shape index (κ2) is 11.8. The van der Waals surface area contributed by atoms with Crippen molar-refractivity contribution in [3.8, 4) is 0 Å². The van der Waals surface area contributed by atoms with E-state index in [4.69, 9.17) is 23.2 Å². The lowest BCUT2D eigenvalue weighted by Gasteiger charge is -2.27. The Morgan fingerprint density at radius 2 is 1.87 bits per heavy atom. The minimum absolute atomic E-state index is 0.179. The van der Waals surface area contributed by atoms with E-state index in [1.807, 2.05) is 6.07 Å². The van der Waals surface area contributed by atoms with Gasteiger partial charge >= 0.3 is 0 Å². The molecule has 2 aromatic rings. The fraction of sp³-hybridized carbons (Fsp3) is 0.381. The highest BCUT2D eigenvalue weighted by atomic mass is 35.5. The number of anilines is 1. The third-order valence-electron chi connectivity index (χ3n) is 5.14. The fourth-order valence-electron chi connectivity index (χ4n) is 3.40. The first-order chi connectivity index (χ1) is 15.0. The molecule has 1 heterocycles. The van der Waals surface area contributed by atoms with Crippen molar-refractivity contribution in [2.75, 3.05) is 50.1 Å². The molecular formula is C21H25Cl2N4O3S-. The number of piperazine rings is 1. The molecule has 1 unspecified atom stereocenters. The second-order valence-corrected chi connectivity index (χ2v) is 8.84. The van der Waals surface area contributed by atoms with Crippen LogP contribution < -0.4 is 14.9 Å². The van der Waals surface area contributed by atoms with Gasteiger partial charge < -0.3 is 19.5 Å². The summed E-state index contributed by atoms with van der Waals surface area (Å²) in [4.78, 5) is 14.7. The molecule has 31 heavy (non-hydrogen) atoms. The van der Waals surface area contributed by atoms with Crippen molar-refractivity contribution in [1.82, 2.24) is 15.5 Å². The molecule has 1 aliphatic heterocycles. The van der Waals surface area contributed by atoms with Crippen LogP contribution in [0, 0.1) is 0 Å². The van der Waals surface area contributed by atoms with Crippen molar-refractivity contribution < 1.29 is 13.6 Å². The van der Waals surface area contributed by atoms with Crippen molar-refractivity contribution in [1.29, 1.82) is 0 Å². The summed E-state index contributed by atoms with van der Waals surface area (Å²) in [5.41, 5.74) is 1.73. The number of rotatable bonds is 9.